The van der Waals surface area contributed by atoms with Crippen molar-refractivity contribution in [2.75, 3.05) is 13.1 Å². The molecule has 2 nitrogen and oxygen atoms in total. The average Bonchev–Trinajstić information content (AvgIpc) is 3.12. The third kappa shape index (κ3) is 1.82. The van der Waals surface area contributed by atoms with Crippen LogP contribution >= 0.6 is 23.1 Å². The number of amidine groups is 1. The highest BCUT2D eigenvalue weighted by molar-refractivity contribution is 8.17. The van der Waals surface area contributed by atoms with E-state index in [0.29, 0.717) is 5.92 Å². The van der Waals surface area contributed by atoms with Crippen LogP contribution in [0.5, 0.6) is 0 Å². The van der Waals surface area contributed by atoms with Gasteiger partial charge < -0.3 is 4.90 Å². The highest BCUT2D eigenvalue weighted by atomic mass is 32.2. The topological polar surface area (TPSA) is 15.6 Å². The second kappa shape index (κ2) is 4.64. The van der Waals surface area contributed by atoms with Crippen molar-refractivity contribution in [1.29, 1.82) is 0 Å². The quantitative estimate of drug-likeness (QED) is 0.802. The van der Waals surface area contributed by atoms with Gasteiger partial charge in [0.1, 0.15) is 0 Å². The maximum absolute atomic E-state index is 4.62. The van der Waals surface area contributed by atoms with Crippen molar-refractivity contribution in [1.82, 2.24) is 4.90 Å². The highest BCUT2D eigenvalue weighted by Gasteiger charge is 2.33. The Kier molecular flexibility index (Phi) is 2.89. The molecule has 3 heterocycles. The van der Waals surface area contributed by atoms with E-state index < -0.39 is 0 Å². The minimum Gasteiger partial charge on any atom is -0.318 e. The molecule has 0 unspecified atom stereocenters. The van der Waals surface area contributed by atoms with Crippen LogP contribution in [-0.2, 0) is 0 Å². The fourth-order valence-electron chi connectivity index (χ4n) is 2.79. The predicted octanol–water partition coefficient (Wildman–Crippen LogP) is 4.64. The van der Waals surface area contributed by atoms with Crippen LogP contribution in [-0.4, -0.2) is 23.2 Å². The van der Waals surface area contributed by atoms with Gasteiger partial charge in [-0.15, -0.1) is 11.3 Å². The standard InChI is InChI=1S/C16H16N2S2/c1-10(2)15-14(18-7-6-17-16(18)20-15)12-4-3-11-5-8-19-13(11)9-12/h3-5,8-10H,6-7H2,1-2H3. The molecule has 1 aromatic carbocycles. The number of thioether (sulfide) groups is 1. The number of hydrogen-bond acceptors (Lipinski definition) is 4. The zero-order valence-electron chi connectivity index (χ0n) is 11.6. The Bertz CT molecular complexity index is 740. The summed E-state index contributed by atoms with van der Waals surface area (Å²) in [5.74, 6) is 0.544. The van der Waals surface area contributed by atoms with Gasteiger partial charge in [0.25, 0.3) is 0 Å². The van der Waals surface area contributed by atoms with E-state index in [1.54, 1.807) is 0 Å². The summed E-state index contributed by atoms with van der Waals surface area (Å²) in [7, 11) is 0. The van der Waals surface area contributed by atoms with Gasteiger partial charge in [-0.2, -0.15) is 0 Å². The minimum absolute atomic E-state index is 0.544. The van der Waals surface area contributed by atoms with Crippen molar-refractivity contribution in [3.8, 4) is 0 Å². The van der Waals surface area contributed by atoms with Crippen molar-refractivity contribution in [3.63, 3.8) is 0 Å². The molecule has 4 heteroatoms. The fourth-order valence-corrected chi connectivity index (χ4v) is 4.83. The Morgan fingerprint density at radius 2 is 2.15 bits per heavy atom. The van der Waals surface area contributed by atoms with Crippen molar-refractivity contribution in [2.45, 2.75) is 13.8 Å². The highest BCUT2D eigenvalue weighted by Crippen LogP contribution is 2.45. The van der Waals surface area contributed by atoms with Crippen LogP contribution in [0.15, 0.2) is 39.5 Å². The molecular formula is C16H16N2S2. The molecule has 4 rings (SSSR count). The largest absolute Gasteiger partial charge is 0.318 e. The monoisotopic (exact) mass is 300 g/mol. The van der Waals surface area contributed by atoms with E-state index in [2.05, 4.69) is 53.4 Å². The lowest BCUT2D eigenvalue weighted by atomic mass is 10.1. The molecule has 0 atom stereocenters. The first-order valence-corrected chi connectivity index (χ1v) is 8.65. The average molecular weight is 300 g/mol. The van der Waals surface area contributed by atoms with E-state index in [1.165, 1.54) is 31.4 Å². The Balaban J connectivity index is 1.88. The first-order valence-electron chi connectivity index (χ1n) is 6.95. The van der Waals surface area contributed by atoms with E-state index in [-0.39, 0.29) is 0 Å². The molecule has 102 valence electrons. The Morgan fingerprint density at radius 1 is 1.25 bits per heavy atom. The summed E-state index contributed by atoms with van der Waals surface area (Å²) < 4.78 is 1.37. The Labute approximate surface area is 127 Å². The van der Waals surface area contributed by atoms with Crippen LogP contribution in [0.1, 0.15) is 19.4 Å². The number of nitrogens with zero attached hydrogens (tertiary/aromatic N) is 2. The van der Waals surface area contributed by atoms with Crippen LogP contribution in [0, 0.1) is 5.92 Å². The molecule has 2 aromatic rings. The molecule has 2 aliphatic rings. The molecule has 0 fully saturated rings. The molecule has 0 saturated heterocycles. The molecule has 0 aliphatic carbocycles. The van der Waals surface area contributed by atoms with Crippen molar-refractivity contribution < 1.29 is 0 Å². The lowest BCUT2D eigenvalue weighted by Gasteiger charge is -2.18. The summed E-state index contributed by atoms with van der Waals surface area (Å²) in [4.78, 5) is 8.48. The van der Waals surface area contributed by atoms with Crippen molar-refractivity contribution >= 4 is 44.0 Å². The van der Waals surface area contributed by atoms with Crippen molar-refractivity contribution in [3.05, 3.63) is 40.1 Å². The Hall–Kier alpha value is -1.26. The normalized spacial score (nSPS) is 18.4. The molecule has 0 amide bonds. The van der Waals surface area contributed by atoms with Gasteiger partial charge in [0.2, 0.25) is 0 Å². The summed E-state index contributed by atoms with van der Waals surface area (Å²) in [6.07, 6.45) is 0. The van der Waals surface area contributed by atoms with Gasteiger partial charge in [0.05, 0.1) is 12.2 Å². The van der Waals surface area contributed by atoms with E-state index in [4.69, 9.17) is 0 Å². The van der Waals surface area contributed by atoms with Gasteiger partial charge in [-0.05, 0) is 28.8 Å². The Morgan fingerprint density at radius 3 is 3.00 bits per heavy atom. The lowest BCUT2D eigenvalue weighted by molar-refractivity contribution is 0.641. The third-order valence-corrected chi connectivity index (χ3v) is 6.06. The number of benzene rings is 1. The zero-order valence-corrected chi connectivity index (χ0v) is 13.2. The smallest absolute Gasteiger partial charge is 0.168 e. The second-order valence-electron chi connectivity index (χ2n) is 5.46. The lowest BCUT2D eigenvalue weighted by Crippen LogP contribution is -2.20. The van der Waals surface area contributed by atoms with Crippen LogP contribution < -0.4 is 0 Å². The summed E-state index contributed by atoms with van der Waals surface area (Å²) >= 11 is 3.68. The van der Waals surface area contributed by atoms with E-state index in [9.17, 15) is 0 Å². The van der Waals surface area contributed by atoms with Crippen LogP contribution in [0.3, 0.4) is 0 Å². The van der Waals surface area contributed by atoms with E-state index in [0.717, 1.165) is 13.1 Å². The zero-order chi connectivity index (χ0) is 13.7. The molecular weight excluding hydrogens is 284 g/mol. The van der Waals surface area contributed by atoms with Gasteiger partial charge in [0, 0.05) is 21.7 Å². The van der Waals surface area contributed by atoms with Gasteiger partial charge >= 0.3 is 0 Å². The number of hydrogen-bond donors (Lipinski definition) is 0. The molecule has 20 heavy (non-hydrogen) atoms. The van der Waals surface area contributed by atoms with Gasteiger partial charge in [-0.3, -0.25) is 4.99 Å². The molecule has 0 radical (unpaired) electrons. The first-order chi connectivity index (χ1) is 9.74. The molecule has 0 spiro atoms. The summed E-state index contributed by atoms with van der Waals surface area (Å²) in [6.45, 7) is 6.50. The predicted molar refractivity (Wildman–Crippen MR) is 90.2 cm³/mol. The second-order valence-corrected chi connectivity index (χ2v) is 7.42. The summed E-state index contributed by atoms with van der Waals surface area (Å²) in [6, 6.07) is 9.02. The number of aliphatic imine (C=N–C) groups is 1. The third-order valence-electron chi connectivity index (χ3n) is 3.76. The van der Waals surface area contributed by atoms with Gasteiger partial charge in [-0.1, -0.05) is 37.7 Å². The molecule has 1 aromatic heterocycles. The van der Waals surface area contributed by atoms with Gasteiger partial charge in [0.15, 0.2) is 5.17 Å². The van der Waals surface area contributed by atoms with E-state index in [1.807, 2.05) is 23.1 Å². The molecule has 0 N–H and O–H groups in total. The number of rotatable bonds is 2. The van der Waals surface area contributed by atoms with Crippen molar-refractivity contribution in [2.24, 2.45) is 10.9 Å². The number of thiophene rings is 1. The number of fused-ring (bicyclic) bond motifs is 2. The minimum atomic E-state index is 0.544. The SMILES string of the molecule is CC(C)C1=C(c2ccc3ccsc3c2)N2CCN=C2S1. The maximum Gasteiger partial charge on any atom is 0.168 e. The molecule has 0 bridgehead atoms. The summed E-state index contributed by atoms with van der Waals surface area (Å²) in [5, 5.41) is 4.69. The molecule has 0 saturated carbocycles. The van der Waals surface area contributed by atoms with Crippen LogP contribution in [0.4, 0.5) is 0 Å². The first kappa shape index (κ1) is 12.5. The maximum atomic E-state index is 4.62. The van der Waals surface area contributed by atoms with E-state index >= 15 is 0 Å². The number of allylic oxidation sites excluding steroid dienone is 1. The summed E-state index contributed by atoms with van der Waals surface area (Å²) in [5.41, 5.74) is 2.72. The van der Waals surface area contributed by atoms with Crippen LogP contribution in [0.2, 0.25) is 0 Å². The van der Waals surface area contributed by atoms with Gasteiger partial charge in [-0.25, -0.2) is 0 Å². The molecule has 2 aliphatic heterocycles. The van der Waals surface area contributed by atoms with Crippen LogP contribution in [0.25, 0.3) is 15.8 Å². The fraction of sp³-hybridized carbons (Fsp3) is 0.312.